The summed E-state index contributed by atoms with van der Waals surface area (Å²) in [7, 11) is 0. The number of fused-ring (bicyclic) bond motifs is 1. The van der Waals surface area contributed by atoms with E-state index in [0.717, 1.165) is 10.9 Å². The van der Waals surface area contributed by atoms with Gasteiger partial charge in [-0.05, 0) is 31.4 Å². The Hall–Kier alpha value is -4.50. The molecular weight excluding hydrogens is 528 g/mol. The van der Waals surface area contributed by atoms with Crippen molar-refractivity contribution in [2.24, 2.45) is 11.5 Å². The molecule has 0 radical (unpaired) electrons. The van der Waals surface area contributed by atoms with E-state index in [-0.39, 0.29) is 32.1 Å². The molecule has 4 amide bonds. The third-order valence-corrected chi connectivity index (χ3v) is 6.09. The number of carboxylic acid groups (broad SMARTS) is 2. The predicted molar refractivity (Wildman–Crippen MR) is 140 cm³/mol. The highest BCUT2D eigenvalue weighted by Crippen LogP contribution is 2.19. The molecule has 0 saturated carbocycles. The second-order valence-corrected chi connectivity index (χ2v) is 9.29. The van der Waals surface area contributed by atoms with Crippen LogP contribution in [0.5, 0.6) is 0 Å². The molecule has 0 fully saturated rings. The predicted octanol–water partition coefficient (Wildman–Crippen LogP) is -1.91. The number of aliphatic carboxylic acids is 2. The number of aliphatic hydroxyl groups excluding tert-OH is 1. The second kappa shape index (κ2) is 14.6. The van der Waals surface area contributed by atoms with Crippen LogP contribution in [0.3, 0.4) is 0 Å². The summed E-state index contributed by atoms with van der Waals surface area (Å²) in [5.41, 5.74) is 12.2. The Morgan fingerprint density at radius 3 is 2.15 bits per heavy atom. The van der Waals surface area contributed by atoms with Crippen LogP contribution in [-0.2, 0) is 35.2 Å². The molecule has 5 unspecified atom stereocenters. The van der Waals surface area contributed by atoms with E-state index in [1.54, 1.807) is 30.5 Å². The zero-order chi connectivity index (χ0) is 30.0. The van der Waals surface area contributed by atoms with Gasteiger partial charge in [0.15, 0.2) is 0 Å². The molecule has 15 nitrogen and oxygen atoms in total. The molecule has 0 saturated heterocycles. The number of carbonyl (C=O) groups excluding carboxylic acids is 4. The number of nitrogens with one attached hydrogen (secondary N) is 4. The number of amides is 4. The average molecular weight is 563 g/mol. The van der Waals surface area contributed by atoms with E-state index < -0.39 is 65.8 Å². The standard InChI is InChI=1S/C25H34N6O9/c1-12(32)21(24(38)29-17(25(39)40)7-8-19(27)33)31-23(37)18(30-22(36)15(26)6-9-20(34)35)10-13-11-28-16-5-3-2-4-14(13)16/h2-5,11-12,15,17-18,21,28,32H,6-10,26H2,1H3,(H2,27,33)(H,29,38)(H,30,36)(H,31,37)(H,34,35)(H,39,40). The van der Waals surface area contributed by atoms with Crippen molar-refractivity contribution in [2.45, 2.75) is 69.3 Å². The van der Waals surface area contributed by atoms with Gasteiger partial charge in [0, 0.05) is 36.4 Å². The number of benzene rings is 1. The first-order valence-corrected chi connectivity index (χ1v) is 12.4. The van der Waals surface area contributed by atoms with E-state index in [0.29, 0.717) is 5.56 Å². The topological polar surface area (TPSA) is 267 Å². The first-order valence-electron chi connectivity index (χ1n) is 12.4. The van der Waals surface area contributed by atoms with Crippen LogP contribution in [0.25, 0.3) is 10.9 Å². The van der Waals surface area contributed by atoms with E-state index >= 15 is 0 Å². The number of carboxylic acids is 2. The maximum atomic E-state index is 13.3. The summed E-state index contributed by atoms with van der Waals surface area (Å²) >= 11 is 0. The molecular formula is C25H34N6O9. The number of aliphatic hydroxyl groups is 1. The molecule has 1 heterocycles. The quantitative estimate of drug-likeness (QED) is 0.109. The highest BCUT2D eigenvalue weighted by atomic mass is 16.4. The van der Waals surface area contributed by atoms with Crippen LogP contribution in [0.15, 0.2) is 30.5 Å². The number of hydrogen-bond donors (Lipinski definition) is 9. The first kappa shape index (κ1) is 31.7. The van der Waals surface area contributed by atoms with E-state index in [9.17, 15) is 39.0 Å². The van der Waals surface area contributed by atoms with Gasteiger partial charge in [-0.3, -0.25) is 24.0 Å². The Kier molecular flexibility index (Phi) is 11.6. The normalized spacial score (nSPS) is 14.8. The molecule has 2 aromatic rings. The van der Waals surface area contributed by atoms with E-state index in [4.69, 9.17) is 16.6 Å². The van der Waals surface area contributed by atoms with Crippen LogP contribution in [0, 0.1) is 0 Å². The van der Waals surface area contributed by atoms with Crippen molar-refractivity contribution in [3.8, 4) is 0 Å². The number of para-hydroxylation sites is 1. The van der Waals surface area contributed by atoms with Gasteiger partial charge < -0.3 is 47.7 Å². The minimum atomic E-state index is -1.63. The van der Waals surface area contributed by atoms with Crippen LogP contribution in [-0.4, -0.2) is 86.1 Å². The average Bonchev–Trinajstić information content (AvgIpc) is 3.29. The van der Waals surface area contributed by atoms with Gasteiger partial charge in [0.25, 0.3) is 0 Å². The molecule has 0 aliphatic rings. The lowest BCUT2D eigenvalue weighted by Crippen LogP contribution is -2.60. The third kappa shape index (κ3) is 9.36. The molecule has 11 N–H and O–H groups in total. The summed E-state index contributed by atoms with van der Waals surface area (Å²) < 4.78 is 0. The molecule has 2 rings (SSSR count). The molecule has 0 aliphatic heterocycles. The third-order valence-electron chi connectivity index (χ3n) is 6.09. The number of carbonyl (C=O) groups is 6. The van der Waals surface area contributed by atoms with Crippen LogP contribution < -0.4 is 27.4 Å². The fourth-order valence-corrected chi connectivity index (χ4v) is 3.88. The van der Waals surface area contributed by atoms with Gasteiger partial charge in [0.2, 0.25) is 23.6 Å². The fraction of sp³-hybridized carbons (Fsp3) is 0.440. The fourth-order valence-electron chi connectivity index (χ4n) is 3.88. The molecule has 0 bridgehead atoms. The van der Waals surface area contributed by atoms with Crippen molar-refractivity contribution in [2.75, 3.05) is 0 Å². The van der Waals surface area contributed by atoms with Crippen molar-refractivity contribution < 1.29 is 44.1 Å². The zero-order valence-corrected chi connectivity index (χ0v) is 21.8. The molecule has 218 valence electrons. The van der Waals surface area contributed by atoms with Crippen molar-refractivity contribution in [1.29, 1.82) is 0 Å². The number of aromatic nitrogens is 1. The van der Waals surface area contributed by atoms with Gasteiger partial charge in [-0.1, -0.05) is 18.2 Å². The molecule has 1 aromatic carbocycles. The smallest absolute Gasteiger partial charge is 0.326 e. The van der Waals surface area contributed by atoms with Crippen LogP contribution in [0.4, 0.5) is 0 Å². The number of nitrogens with two attached hydrogens (primary N) is 2. The Bertz CT molecular complexity index is 1240. The van der Waals surface area contributed by atoms with Gasteiger partial charge >= 0.3 is 11.9 Å². The Labute approximate surface area is 228 Å². The van der Waals surface area contributed by atoms with E-state index in [2.05, 4.69) is 20.9 Å². The number of H-pyrrole nitrogens is 1. The molecule has 0 aliphatic carbocycles. The molecule has 15 heteroatoms. The van der Waals surface area contributed by atoms with Gasteiger partial charge in [-0.15, -0.1) is 0 Å². The summed E-state index contributed by atoms with van der Waals surface area (Å²) in [5, 5.41) is 36.2. The number of aromatic amines is 1. The van der Waals surface area contributed by atoms with Gasteiger partial charge in [0.1, 0.15) is 18.1 Å². The zero-order valence-electron chi connectivity index (χ0n) is 21.8. The minimum Gasteiger partial charge on any atom is -0.481 e. The Morgan fingerprint density at radius 2 is 1.55 bits per heavy atom. The first-order chi connectivity index (χ1) is 18.8. The van der Waals surface area contributed by atoms with Crippen molar-refractivity contribution in [1.82, 2.24) is 20.9 Å². The molecule has 5 atom stereocenters. The van der Waals surface area contributed by atoms with Gasteiger partial charge in [0.05, 0.1) is 12.1 Å². The highest BCUT2D eigenvalue weighted by molar-refractivity contribution is 5.95. The highest BCUT2D eigenvalue weighted by Gasteiger charge is 2.33. The molecule has 1 aromatic heterocycles. The summed E-state index contributed by atoms with van der Waals surface area (Å²) in [6.45, 7) is 1.19. The second-order valence-electron chi connectivity index (χ2n) is 9.29. The Balaban J connectivity index is 2.26. The summed E-state index contributed by atoms with van der Waals surface area (Å²) in [4.78, 5) is 75.4. The van der Waals surface area contributed by atoms with Crippen molar-refractivity contribution in [3.63, 3.8) is 0 Å². The van der Waals surface area contributed by atoms with Gasteiger partial charge in [-0.25, -0.2) is 4.79 Å². The van der Waals surface area contributed by atoms with Crippen molar-refractivity contribution >= 4 is 46.5 Å². The monoisotopic (exact) mass is 562 g/mol. The van der Waals surface area contributed by atoms with Gasteiger partial charge in [-0.2, -0.15) is 0 Å². The van der Waals surface area contributed by atoms with Crippen molar-refractivity contribution in [3.05, 3.63) is 36.0 Å². The SMILES string of the molecule is CC(O)C(NC(=O)C(Cc1c[nH]c2ccccc12)NC(=O)C(N)CCC(=O)O)C(=O)NC(CCC(N)=O)C(=O)O. The largest absolute Gasteiger partial charge is 0.481 e. The maximum absolute atomic E-state index is 13.3. The number of rotatable bonds is 16. The van der Waals surface area contributed by atoms with Crippen LogP contribution in [0.2, 0.25) is 0 Å². The Morgan fingerprint density at radius 1 is 0.900 bits per heavy atom. The van der Waals surface area contributed by atoms with E-state index in [1.807, 2.05) is 0 Å². The lowest BCUT2D eigenvalue weighted by Gasteiger charge is -2.26. The van der Waals surface area contributed by atoms with Crippen LogP contribution >= 0.6 is 0 Å². The number of hydrogen-bond acceptors (Lipinski definition) is 8. The lowest BCUT2D eigenvalue weighted by molar-refractivity contribution is -0.143. The van der Waals surface area contributed by atoms with Crippen LogP contribution in [0.1, 0.15) is 38.2 Å². The number of primary amides is 1. The maximum Gasteiger partial charge on any atom is 0.326 e. The lowest BCUT2D eigenvalue weighted by atomic mass is 10.0. The summed E-state index contributed by atoms with van der Waals surface area (Å²) in [5.74, 6) is -6.14. The molecule has 40 heavy (non-hydrogen) atoms. The minimum absolute atomic E-state index is 0.0717. The summed E-state index contributed by atoms with van der Waals surface area (Å²) in [6.07, 6.45) is -1.14. The summed E-state index contributed by atoms with van der Waals surface area (Å²) in [6, 6.07) is 1.46. The molecule has 0 spiro atoms. The van der Waals surface area contributed by atoms with E-state index in [1.165, 1.54) is 6.92 Å².